The highest BCUT2D eigenvalue weighted by Crippen LogP contribution is 2.07. The lowest BCUT2D eigenvalue weighted by Crippen LogP contribution is -2.53. The molecule has 0 aromatic heterocycles. The van der Waals surface area contributed by atoms with Gasteiger partial charge < -0.3 is 15.7 Å². The second kappa shape index (κ2) is 7.59. The molecule has 1 unspecified atom stereocenters. The van der Waals surface area contributed by atoms with Crippen LogP contribution in [-0.4, -0.2) is 35.0 Å². The highest BCUT2D eigenvalue weighted by molar-refractivity contribution is 5.98. The fourth-order valence-corrected chi connectivity index (χ4v) is 1.83. The Morgan fingerprint density at radius 2 is 1.55 bits per heavy atom. The molecule has 0 aliphatic heterocycles. The molecule has 0 saturated carbocycles. The van der Waals surface area contributed by atoms with Crippen LogP contribution in [0.1, 0.15) is 36.7 Å². The van der Waals surface area contributed by atoms with Gasteiger partial charge in [-0.3, -0.25) is 14.4 Å². The average molecular weight is 306 g/mol. The molecule has 0 fully saturated rings. The van der Waals surface area contributed by atoms with Crippen LogP contribution >= 0.6 is 0 Å². The van der Waals surface area contributed by atoms with Crippen LogP contribution < -0.4 is 10.6 Å². The van der Waals surface area contributed by atoms with Crippen LogP contribution in [0, 0.1) is 12.8 Å². The lowest BCUT2D eigenvalue weighted by molar-refractivity contribution is -0.141. The number of hydrogen-bond donors (Lipinski definition) is 3. The largest absolute Gasteiger partial charge is 0.480 e. The lowest BCUT2D eigenvalue weighted by Gasteiger charge is -2.23. The van der Waals surface area contributed by atoms with Gasteiger partial charge in [0.15, 0.2) is 0 Å². The van der Waals surface area contributed by atoms with E-state index in [0.717, 1.165) is 5.56 Å². The number of carboxylic acid groups (broad SMARTS) is 1. The zero-order chi connectivity index (χ0) is 16.9. The first-order valence-corrected chi connectivity index (χ1v) is 7.13. The molecular weight excluding hydrogens is 284 g/mol. The number of aliphatic carboxylic acids is 1. The first-order valence-electron chi connectivity index (χ1n) is 7.13. The van der Waals surface area contributed by atoms with Gasteiger partial charge in [0, 0.05) is 5.56 Å². The molecule has 120 valence electrons. The van der Waals surface area contributed by atoms with Gasteiger partial charge >= 0.3 is 5.97 Å². The van der Waals surface area contributed by atoms with E-state index >= 15 is 0 Å². The number of aryl methyl sites for hydroxylation is 1. The van der Waals surface area contributed by atoms with Crippen molar-refractivity contribution >= 4 is 17.8 Å². The minimum Gasteiger partial charge on any atom is -0.480 e. The Morgan fingerprint density at radius 1 is 1.00 bits per heavy atom. The number of amides is 2. The number of nitrogens with one attached hydrogen (secondary N) is 2. The lowest BCUT2D eigenvalue weighted by atomic mass is 10.0. The predicted octanol–water partition coefficient (Wildman–Crippen LogP) is 1.34. The monoisotopic (exact) mass is 306 g/mol. The zero-order valence-corrected chi connectivity index (χ0v) is 13.2. The predicted molar refractivity (Wildman–Crippen MR) is 82.5 cm³/mol. The summed E-state index contributed by atoms with van der Waals surface area (Å²) in [6, 6.07) is 5.18. The van der Waals surface area contributed by atoms with Gasteiger partial charge in [-0.2, -0.15) is 0 Å². The van der Waals surface area contributed by atoms with Crippen LogP contribution in [0.5, 0.6) is 0 Å². The molecule has 6 heteroatoms. The second-order valence-corrected chi connectivity index (χ2v) is 5.63. The van der Waals surface area contributed by atoms with Gasteiger partial charge in [0.2, 0.25) is 5.91 Å². The summed E-state index contributed by atoms with van der Waals surface area (Å²) in [6.45, 7) is 6.86. The number of benzene rings is 1. The van der Waals surface area contributed by atoms with E-state index in [9.17, 15) is 14.4 Å². The molecule has 0 aliphatic carbocycles. The first kappa shape index (κ1) is 17.7. The highest BCUT2D eigenvalue weighted by Gasteiger charge is 2.27. The van der Waals surface area contributed by atoms with Gasteiger partial charge in [-0.25, -0.2) is 0 Å². The maximum atomic E-state index is 12.2. The van der Waals surface area contributed by atoms with Gasteiger partial charge in [-0.05, 0) is 31.9 Å². The molecule has 1 aromatic carbocycles. The molecule has 2 amide bonds. The van der Waals surface area contributed by atoms with Crippen molar-refractivity contribution in [3.8, 4) is 0 Å². The molecule has 2 atom stereocenters. The minimum absolute atomic E-state index is 0.171. The molecule has 0 bridgehead atoms. The van der Waals surface area contributed by atoms with Gasteiger partial charge in [0.1, 0.15) is 12.1 Å². The Hall–Kier alpha value is -2.37. The van der Waals surface area contributed by atoms with Crippen molar-refractivity contribution in [1.82, 2.24) is 10.6 Å². The molecule has 0 saturated heterocycles. The van der Waals surface area contributed by atoms with E-state index in [2.05, 4.69) is 10.6 Å². The SMILES string of the molecule is Cc1ccc(C(=O)NC(C(=O)N[C@H](C)C(=O)O)C(C)C)cc1. The van der Waals surface area contributed by atoms with Crippen molar-refractivity contribution in [2.75, 3.05) is 0 Å². The topological polar surface area (TPSA) is 95.5 Å². The van der Waals surface area contributed by atoms with Crippen LogP contribution in [0.15, 0.2) is 24.3 Å². The van der Waals surface area contributed by atoms with E-state index in [1.807, 2.05) is 19.1 Å². The Labute approximate surface area is 129 Å². The molecule has 0 spiro atoms. The molecule has 6 nitrogen and oxygen atoms in total. The summed E-state index contributed by atoms with van der Waals surface area (Å²) in [6.07, 6.45) is 0. The molecule has 1 aromatic rings. The minimum atomic E-state index is -1.12. The summed E-state index contributed by atoms with van der Waals surface area (Å²) in [4.78, 5) is 35.1. The summed E-state index contributed by atoms with van der Waals surface area (Å²) < 4.78 is 0. The third kappa shape index (κ3) is 4.87. The summed E-state index contributed by atoms with van der Waals surface area (Å²) in [5.74, 6) is -2.17. The number of carboxylic acids is 1. The zero-order valence-electron chi connectivity index (χ0n) is 13.2. The molecule has 22 heavy (non-hydrogen) atoms. The van der Waals surface area contributed by atoms with Crippen LogP contribution in [0.3, 0.4) is 0 Å². The van der Waals surface area contributed by atoms with Crippen molar-refractivity contribution in [3.05, 3.63) is 35.4 Å². The standard InChI is InChI=1S/C16H22N2O4/c1-9(2)13(15(20)17-11(4)16(21)22)18-14(19)12-7-5-10(3)6-8-12/h5-9,11,13H,1-4H3,(H,17,20)(H,18,19)(H,21,22)/t11-,13?/m1/s1. The fraction of sp³-hybridized carbons (Fsp3) is 0.438. The van der Waals surface area contributed by atoms with Crippen LogP contribution in [0.25, 0.3) is 0 Å². The molecule has 0 heterocycles. The van der Waals surface area contributed by atoms with Crippen LogP contribution in [0.4, 0.5) is 0 Å². The number of rotatable bonds is 6. The molecule has 1 rings (SSSR count). The smallest absolute Gasteiger partial charge is 0.325 e. The van der Waals surface area contributed by atoms with Crippen molar-refractivity contribution in [3.63, 3.8) is 0 Å². The third-order valence-corrected chi connectivity index (χ3v) is 3.28. The van der Waals surface area contributed by atoms with E-state index in [4.69, 9.17) is 5.11 Å². The van der Waals surface area contributed by atoms with E-state index in [-0.39, 0.29) is 11.8 Å². The van der Waals surface area contributed by atoms with Crippen LogP contribution in [0.2, 0.25) is 0 Å². The van der Waals surface area contributed by atoms with E-state index in [1.54, 1.807) is 26.0 Å². The third-order valence-electron chi connectivity index (χ3n) is 3.28. The van der Waals surface area contributed by atoms with Crippen molar-refractivity contribution < 1.29 is 19.5 Å². The molecule has 0 aliphatic rings. The van der Waals surface area contributed by atoms with Gasteiger partial charge in [0.05, 0.1) is 0 Å². The molecule has 0 radical (unpaired) electrons. The quantitative estimate of drug-likeness (QED) is 0.739. The second-order valence-electron chi connectivity index (χ2n) is 5.63. The van der Waals surface area contributed by atoms with Crippen molar-refractivity contribution in [2.24, 2.45) is 5.92 Å². The van der Waals surface area contributed by atoms with E-state index in [1.165, 1.54) is 6.92 Å². The number of carbonyl (C=O) groups excluding carboxylic acids is 2. The van der Waals surface area contributed by atoms with E-state index in [0.29, 0.717) is 5.56 Å². The van der Waals surface area contributed by atoms with Crippen molar-refractivity contribution in [2.45, 2.75) is 39.8 Å². The van der Waals surface area contributed by atoms with Crippen molar-refractivity contribution in [1.29, 1.82) is 0 Å². The maximum Gasteiger partial charge on any atom is 0.325 e. The highest BCUT2D eigenvalue weighted by atomic mass is 16.4. The number of hydrogen-bond acceptors (Lipinski definition) is 3. The summed E-state index contributed by atoms with van der Waals surface area (Å²) in [7, 11) is 0. The Kier molecular flexibility index (Phi) is 6.10. The summed E-state index contributed by atoms with van der Waals surface area (Å²) in [5.41, 5.74) is 1.49. The first-order chi connectivity index (χ1) is 10.2. The summed E-state index contributed by atoms with van der Waals surface area (Å²) in [5, 5.41) is 13.9. The summed E-state index contributed by atoms with van der Waals surface area (Å²) >= 11 is 0. The fourth-order valence-electron chi connectivity index (χ4n) is 1.83. The Balaban J connectivity index is 2.79. The maximum absolute atomic E-state index is 12.2. The Morgan fingerprint density at radius 3 is 2.00 bits per heavy atom. The van der Waals surface area contributed by atoms with Gasteiger partial charge in [0.25, 0.3) is 5.91 Å². The van der Waals surface area contributed by atoms with Crippen LogP contribution in [-0.2, 0) is 9.59 Å². The van der Waals surface area contributed by atoms with E-state index < -0.39 is 24.0 Å². The molecule has 3 N–H and O–H groups in total. The Bertz CT molecular complexity index is 552. The molecular formula is C16H22N2O4. The van der Waals surface area contributed by atoms with Gasteiger partial charge in [-0.1, -0.05) is 31.5 Å². The number of carbonyl (C=O) groups is 3. The average Bonchev–Trinajstić information content (AvgIpc) is 2.44. The normalized spacial score (nSPS) is 13.3. The van der Waals surface area contributed by atoms with Gasteiger partial charge in [-0.15, -0.1) is 0 Å².